The molecule has 0 bridgehead atoms. The number of ether oxygens (including phenoxy) is 1. The zero-order chi connectivity index (χ0) is 15.6. The van der Waals surface area contributed by atoms with Gasteiger partial charge in [0.2, 0.25) is 0 Å². The van der Waals surface area contributed by atoms with Crippen molar-refractivity contribution < 1.29 is 9.84 Å². The lowest BCUT2D eigenvalue weighted by Crippen LogP contribution is -2.08. The van der Waals surface area contributed by atoms with E-state index in [1.165, 1.54) is 0 Å². The molecule has 1 N–H and O–H groups in total. The maximum Gasteiger partial charge on any atom is 0.131 e. The van der Waals surface area contributed by atoms with E-state index in [2.05, 4.69) is 37.0 Å². The van der Waals surface area contributed by atoms with E-state index in [1.807, 2.05) is 36.7 Å². The molecule has 1 heterocycles. The second-order valence-electron chi connectivity index (χ2n) is 4.81. The summed E-state index contributed by atoms with van der Waals surface area (Å²) in [6, 6.07) is 5.63. The standard InChI is InChI=1S/C15H18Br2N2O2/c1-4-19-13(15(17)9(2)18-19)8-21-14-6-5-11(16)7-12(14)10(3)20/h5-7,10,20H,4,8H2,1-3H3/t10-/m0/s1. The molecule has 0 radical (unpaired) electrons. The predicted octanol–water partition coefficient (Wildman–Crippen LogP) is 4.37. The van der Waals surface area contributed by atoms with Gasteiger partial charge in [-0.15, -0.1) is 0 Å². The van der Waals surface area contributed by atoms with Crippen molar-refractivity contribution in [2.24, 2.45) is 0 Å². The second-order valence-corrected chi connectivity index (χ2v) is 6.52. The van der Waals surface area contributed by atoms with Crippen LogP contribution in [0.15, 0.2) is 27.1 Å². The van der Waals surface area contributed by atoms with Crippen LogP contribution in [0.5, 0.6) is 5.75 Å². The molecule has 0 unspecified atom stereocenters. The number of nitrogens with zero attached hydrogens (tertiary/aromatic N) is 2. The summed E-state index contributed by atoms with van der Waals surface area (Å²) < 4.78 is 9.71. The van der Waals surface area contributed by atoms with Crippen molar-refractivity contribution >= 4 is 31.9 Å². The van der Waals surface area contributed by atoms with Crippen molar-refractivity contribution in [3.8, 4) is 5.75 Å². The number of hydrogen-bond acceptors (Lipinski definition) is 3. The van der Waals surface area contributed by atoms with E-state index < -0.39 is 6.10 Å². The summed E-state index contributed by atoms with van der Waals surface area (Å²) in [7, 11) is 0. The molecular weight excluding hydrogens is 400 g/mol. The molecule has 0 saturated carbocycles. The van der Waals surface area contributed by atoms with Gasteiger partial charge in [-0.05, 0) is 54.9 Å². The van der Waals surface area contributed by atoms with Crippen LogP contribution in [0.1, 0.15) is 36.9 Å². The van der Waals surface area contributed by atoms with Gasteiger partial charge in [0.15, 0.2) is 0 Å². The Labute approximate surface area is 141 Å². The van der Waals surface area contributed by atoms with Gasteiger partial charge in [0.25, 0.3) is 0 Å². The SMILES string of the molecule is CCn1nc(C)c(Br)c1COc1ccc(Br)cc1[C@H](C)O. The highest BCUT2D eigenvalue weighted by Gasteiger charge is 2.15. The van der Waals surface area contributed by atoms with Gasteiger partial charge in [0.05, 0.1) is 22.0 Å². The fourth-order valence-electron chi connectivity index (χ4n) is 2.13. The van der Waals surface area contributed by atoms with Crippen LogP contribution in [0.4, 0.5) is 0 Å². The summed E-state index contributed by atoms with van der Waals surface area (Å²) in [5.74, 6) is 0.682. The van der Waals surface area contributed by atoms with Gasteiger partial charge >= 0.3 is 0 Å². The van der Waals surface area contributed by atoms with E-state index in [0.29, 0.717) is 12.4 Å². The minimum atomic E-state index is -0.584. The van der Waals surface area contributed by atoms with Crippen LogP contribution in [-0.2, 0) is 13.2 Å². The molecule has 4 nitrogen and oxygen atoms in total. The first-order chi connectivity index (χ1) is 9.93. The molecule has 1 atom stereocenters. The molecule has 0 spiro atoms. The van der Waals surface area contributed by atoms with Crippen LogP contribution in [0.2, 0.25) is 0 Å². The molecule has 2 aromatic rings. The Hall–Kier alpha value is -0.850. The largest absolute Gasteiger partial charge is 0.487 e. The third-order valence-electron chi connectivity index (χ3n) is 3.24. The molecule has 0 aliphatic carbocycles. The van der Waals surface area contributed by atoms with Crippen LogP contribution in [0.25, 0.3) is 0 Å². The summed E-state index contributed by atoms with van der Waals surface area (Å²) in [6.07, 6.45) is -0.584. The van der Waals surface area contributed by atoms with Crippen LogP contribution < -0.4 is 4.74 Å². The van der Waals surface area contributed by atoms with Gasteiger partial charge in [-0.3, -0.25) is 4.68 Å². The summed E-state index contributed by atoms with van der Waals surface area (Å²) >= 11 is 6.96. The first kappa shape index (κ1) is 16.5. The Balaban J connectivity index is 2.25. The first-order valence-electron chi connectivity index (χ1n) is 6.76. The molecule has 0 aliphatic rings. The van der Waals surface area contributed by atoms with Crippen molar-refractivity contribution in [2.75, 3.05) is 0 Å². The average Bonchev–Trinajstić information content (AvgIpc) is 2.72. The second kappa shape index (κ2) is 6.94. The fourth-order valence-corrected chi connectivity index (χ4v) is 2.91. The van der Waals surface area contributed by atoms with Crippen molar-refractivity contribution in [2.45, 2.75) is 40.0 Å². The number of halogens is 2. The molecule has 0 aliphatic heterocycles. The summed E-state index contributed by atoms with van der Waals surface area (Å²) in [4.78, 5) is 0. The van der Waals surface area contributed by atoms with E-state index in [0.717, 1.165) is 32.4 Å². The van der Waals surface area contributed by atoms with Crippen LogP contribution in [0, 0.1) is 6.92 Å². The Kier molecular flexibility index (Phi) is 5.46. The highest BCUT2D eigenvalue weighted by molar-refractivity contribution is 9.10. The highest BCUT2D eigenvalue weighted by atomic mass is 79.9. The zero-order valence-corrected chi connectivity index (χ0v) is 15.4. The molecule has 1 aromatic heterocycles. The summed E-state index contributed by atoms with van der Waals surface area (Å²) in [6.45, 7) is 6.92. The van der Waals surface area contributed by atoms with Gasteiger partial charge in [0, 0.05) is 16.6 Å². The van der Waals surface area contributed by atoms with Crippen LogP contribution >= 0.6 is 31.9 Å². The molecule has 1 aromatic carbocycles. The molecular formula is C15H18Br2N2O2. The number of aryl methyl sites for hydroxylation is 2. The van der Waals surface area contributed by atoms with Crippen molar-refractivity contribution in [1.29, 1.82) is 0 Å². The number of aliphatic hydroxyl groups excluding tert-OH is 1. The molecule has 2 rings (SSSR count). The smallest absolute Gasteiger partial charge is 0.131 e. The third kappa shape index (κ3) is 3.67. The van der Waals surface area contributed by atoms with E-state index >= 15 is 0 Å². The molecule has 114 valence electrons. The van der Waals surface area contributed by atoms with E-state index in [1.54, 1.807) is 6.92 Å². The molecule has 21 heavy (non-hydrogen) atoms. The monoisotopic (exact) mass is 416 g/mol. The Morgan fingerprint density at radius 1 is 1.38 bits per heavy atom. The lowest BCUT2D eigenvalue weighted by atomic mass is 10.1. The minimum Gasteiger partial charge on any atom is -0.487 e. The van der Waals surface area contributed by atoms with Gasteiger partial charge in [-0.25, -0.2) is 0 Å². The number of rotatable bonds is 5. The van der Waals surface area contributed by atoms with Crippen molar-refractivity contribution in [3.63, 3.8) is 0 Å². The normalized spacial score (nSPS) is 12.5. The Morgan fingerprint density at radius 2 is 2.10 bits per heavy atom. The topological polar surface area (TPSA) is 47.3 Å². The number of hydrogen-bond donors (Lipinski definition) is 1. The van der Waals surface area contributed by atoms with Gasteiger partial charge in [0.1, 0.15) is 12.4 Å². The van der Waals surface area contributed by atoms with Crippen LogP contribution in [-0.4, -0.2) is 14.9 Å². The quantitative estimate of drug-likeness (QED) is 0.785. The molecule has 0 saturated heterocycles. The fraction of sp³-hybridized carbons (Fsp3) is 0.400. The molecule has 6 heteroatoms. The molecule has 0 amide bonds. The van der Waals surface area contributed by atoms with Crippen LogP contribution in [0.3, 0.4) is 0 Å². The minimum absolute atomic E-state index is 0.399. The Morgan fingerprint density at radius 3 is 2.71 bits per heavy atom. The summed E-state index contributed by atoms with van der Waals surface area (Å²) in [5.41, 5.74) is 2.70. The first-order valence-corrected chi connectivity index (χ1v) is 8.34. The third-order valence-corrected chi connectivity index (χ3v) is 4.76. The highest BCUT2D eigenvalue weighted by Crippen LogP contribution is 2.30. The number of aliphatic hydroxyl groups is 1. The Bertz CT molecular complexity index is 639. The molecule has 0 fully saturated rings. The van der Waals surface area contributed by atoms with Gasteiger partial charge in [-0.2, -0.15) is 5.10 Å². The van der Waals surface area contributed by atoms with E-state index in [9.17, 15) is 5.11 Å². The number of aromatic nitrogens is 2. The van der Waals surface area contributed by atoms with E-state index in [-0.39, 0.29) is 0 Å². The lowest BCUT2D eigenvalue weighted by Gasteiger charge is -2.14. The maximum absolute atomic E-state index is 9.86. The predicted molar refractivity (Wildman–Crippen MR) is 89.4 cm³/mol. The van der Waals surface area contributed by atoms with Gasteiger partial charge < -0.3 is 9.84 Å². The van der Waals surface area contributed by atoms with Crippen molar-refractivity contribution in [3.05, 3.63) is 44.1 Å². The maximum atomic E-state index is 9.86. The average molecular weight is 418 g/mol. The number of benzene rings is 1. The van der Waals surface area contributed by atoms with E-state index in [4.69, 9.17) is 4.74 Å². The van der Waals surface area contributed by atoms with Crippen molar-refractivity contribution in [1.82, 2.24) is 9.78 Å². The van der Waals surface area contributed by atoms with Gasteiger partial charge in [-0.1, -0.05) is 15.9 Å². The lowest BCUT2D eigenvalue weighted by molar-refractivity contribution is 0.189. The summed E-state index contributed by atoms with van der Waals surface area (Å²) in [5, 5.41) is 14.3. The zero-order valence-electron chi connectivity index (χ0n) is 12.2.